The van der Waals surface area contributed by atoms with Crippen molar-refractivity contribution < 1.29 is 0 Å². The number of aromatic nitrogens is 2. The van der Waals surface area contributed by atoms with Gasteiger partial charge in [0.1, 0.15) is 5.82 Å². The highest BCUT2D eigenvalue weighted by atomic mass is 32.1. The topological polar surface area (TPSA) is 25.8 Å². The van der Waals surface area contributed by atoms with Crippen LogP contribution in [0.1, 0.15) is 52.1 Å². The fraction of sp³-hybridized carbons (Fsp3) is 0.538. The van der Waals surface area contributed by atoms with E-state index in [9.17, 15) is 0 Å². The van der Waals surface area contributed by atoms with Crippen molar-refractivity contribution in [2.45, 2.75) is 46.0 Å². The van der Waals surface area contributed by atoms with Crippen LogP contribution in [-0.2, 0) is 5.41 Å². The Morgan fingerprint density at radius 1 is 1.19 bits per heavy atom. The number of rotatable bonds is 1. The molecule has 86 valence electrons. The molecule has 0 aliphatic heterocycles. The van der Waals surface area contributed by atoms with Crippen molar-refractivity contribution in [3.63, 3.8) is 0 Å². The zero-order valence-electron chi connectivity index (χ0n) is 10.5. The highest BCUT2D eigenvalue weighted by molar-refractivity contribution is 7.17. The van der Waals surface area contributed by atoms with Crippen LogP contribution in [0.5, 0.6) is 0 Å². The lowest BCUT2D eigenvalue weighted by Crippen LogP contribution is -2.17. The van der Waals surface area contributed by atoms with Crippen molar-refractivity contribution in [3.05, 3.63) is 23.0 Å². The third-order valence-corrected chi connectivity index (χ3v) is 3.47. The van der Waals surface area contributed by atoms with Crippen molar-refractivity contribution in [2.24, 2.45) is 0 Å². The van der Waals surface area contributed by atoms with Gasteiger partial charge in [0.2, 0.25) is 0 Å². The third-order valence-electron chi connectivity index (χ3n) is 2.55. The van der Waals surface area contributed by atoms with E-state index in [1.807, 2.05) is 0 Å². The van der Waals surface area contributed by atoms with Gasteiger partial charge in [0.15, 0.2) is 0 Å². The Hall–Kier alpha value is -0.960. The molecule has 0 bridgehead atoms. The Bertz CT molecular complexity index is 506. The summed E-state index contributed by atoms with van der Waals surface area (Å²) in [5.74, 6) is 1.40. The Labute approximate surface area is 101 Å². The maximum absolute atomic E-state index is 4.74. The van der Waals surface area contributed by atoms with Gasteiger partial charge in [-0.2, -0.15) is 0 Å². The van der Waals surface area contributed by atoms with E-state index >= 15 is 0 Å². The Kier molecular flexibility index (Phi) is 2.74. The van der Waals surface area contributed by atoms with E-state index in [1.54, 1.807) is 11.3 Å². The van der Waals surface area contributed by atoms with Crippen molar-refractivity contribution in [2.75, 3.05) is 0 Å². The van der Waals surface area contributed by atoms with Gasteiger partial charge in [0.25, 0.3) is 0 Å². The lowest BCUT2D eigenvalue weighted by Gasteiger charge is -2.18. The van der Waals surface area contributed by atoms with Crippen LogP contribution in [0.3, 0.4) is 0 Å². The number of fused-ring (bicyclic) bond motifs is 1. The molecule has 0 N–H and O–H groups in total. The van der Waals surface area contributed by atoms with Gasteiger partial charge in [-0.1, -0.05) is 34.6 Å². The van der Waals surface area contributed by atoms with Gasteiger partial charge in [-0.05, 0) is 17.4 Å². The van der Waals surface area contributed by atoms with Gasteiger partial charge in [0.05, 0.1) is 15.9 Å². The summed E-state index contributed by atoms with van der Waals surface area (Å²) in [6.45, 7) is 10.8. The minimum Gasteiger partial charge on any atom is -0.236 e. The molecule has 0 unspecified atom stereocenters. The number of nitrogens with zero attached hydrogens (tertiary/aromatic N) is 2. The van der Waals surface area contributed by atoms with Gasteiger partial charge in [-0.15, -0.1) is 11.3 Å². The normalized spacial score (nSPS) is 12.6. The highest BCUT2D eigenvalue weighted by Gasteiger charge is 2.20. The quantitative estimate of drug-likeness (QED) is 0.742. The first-order chi connectivity index (χ1) is 7.39. The van der Waals surface area contributed by atoms with E-state index in [2.05, 4.69) is 51.0 Å². The zero-order valence-corrected chi connectivity index (χ0v) is 11.4. The molecule has 0 saturated heterocycles. The molecule has 0 aliphatic rings. The largest absolute Gasteiger partial charge is 0.236 e. The van der Waals surface area contributed by atoms with E-state index in [1.165, 1.54) is 10.4 Å². The van der Waals surface area contributed by atoms with Gasteiger partial charge in [-0.25, -0.2) is 9.97 Å². The summed E-state index contributed by atoms with van der Waals surface area (Å²) in [7, 11) is 0. The van der Waals surface area contributed by atoms with Crippen molar-refractivity contribution in [1.82, 2.24) is 9.97 Å². The standard InChI is InChI=1S/C13H18N2S/c1-8(2)10-11-9(6-7-16-11)14-12(15-10)13(3,4)5/h6-8H,1-5H3. The molecule has 2 heterocycles. The molecule has 0 spiro atoms. The molecule has 0 atom stereocenters. The van der Waals surface area contributed by atoms with E-state index in [4.69, 9.17) is 4.98 Å². The van der Waals surface area contributed by atoms with Crippen LogP contribution in [0.4, 0.5) is 0 Å². The average Bonchev–Trinajstić information content (AvgIpc) is 2.61. The monoisotopic (exact) mass is 234 g/mol. The predicted molar refractivity (Wildman–Crippen MR) is 70.2 cm³/mol. The molecule has 0 fully saturated rings. The summed E-state index contributed by atoms with van der Waals surface area (Å²) in [5.41, 5.74) is 2.29. The second kappa shape index (κ2) is 3.81. The highest BCUT2D eigenvalue weighted by Crippen LogP contribution is 2.30. The first-order valence-corrected chi connectivity index (χ1v) is 6.53. The molecule has 2 nitrogen and oxygen atoms in total. The van der Waals surface area contributed by atoms with Gasteiger partial charge in [0, 0.05) is 5.41 Å². The molecule has 2 aromatic rings. The smallest absolute Gasteiger partial charge is 0.134 e. The molecular formula is C13H18N2S. The van der Waals surface area contributed by atoms with Crippen LogP contribution in [0.2, 0.25) is 0 Å². The van der Waals surface area contributed by atoms with Gasteiger partial charge < -0.3 is 0 Å². The molecule has 3 heteroatoms. The summed E-state index contributed by atoms with van der Waals surface area (Å²) in [4.78, 5) is 9.39. The minimum absolute atomic E-state index is 0.0137. The summed E-state index contributed by atoms with van der Waals surface area (Å²) in [6.07, 6.45) is 0. The number of hydrogen-bond donors (Lipinski definition) is 0. The lowest BCUT2D eigenvalue weighted by atomic mass is 9.95. The molecule has 0 amide bonds. The van der Waals surface area contributed by atoms with Crippen molar-refractivity contribution in [3.8, 4) is 0 Å². The third kappa shape index (κ3) is 1.96. The maximum atomic E-state index is 4.74. The first-order valence-electron chi connectivity index (χ1n) is 5.65. The van der Waals surface area contributed by atoms with Crippen LogP contribution >= 0.6 is 11.3 Å². The second-order valence-electron chi connectivity index (χ2n) is 5.47. The molecule has 2 aromatic heterocycles. The van der Waals surface area contributed by atoms with E-state index in [0.717, 1.165) is 11.3 Å². The Balaban J connectivity index is 2.71. The van der Waals surface area contributed by atoms with Gasteiger partial charge in [-0.3, -0.25) is 0 Å². The van der Waals surface area contributed by atoms with Gasteiger partial charge >= 0.3 is 0 Å². The van der Waals surface area contributed by atoms with E-state index in [-0.39, 0.29) is 5.41 Å². The second-order valence-corrected chi connectivity index (χ2v) is 6.39. The van der Waals surface area contributed by atoms with Crippen molar-refractivity contribution in [1.29, 1.82) is 0 Å². The fourth-order valence-electron chi connectivity index (χ4n) is 1.61. The summed E-state index contributed by atoms with van der Waals surface area (Å²) in [6, 6.07) is 2.09. The number of thiophene rings is 1. The number of hydrogen-bond acceptors (Lipinski definition) is 3. The van der Waals surface area contributed by atoms with Crippen LogP contribution in [0, 0.1) is 0 Å². The molecule has 0 radical (unpaired) electrons. The zero-order chi connectivity index (χ0) is 11.9. The molecule has 16 heavy (non-hydrogen) atoms. The van der Waals surface area contributed by atoms with E-state index in [0.29, 0.717) is 5.92 Å². The lowest BCUT2D eigenvalue weighted by molar-refractivity contribution is 0.543. The average molecular weight is 234 g/mol. The maximum Gasteiger partial charge on any atom is 0.134 e. The van der Waals surface area contributed by atoms with Crippen molar-refractivity contribution >= 4 is 21.6 Å². The molecule has 0 aliphatic carbocycles. The van der Waals surface area contributed by atoms with E-state index < -0.39 is 0 Å². The summed E-state index contributed by atoms with van der Waals surface area (Å²) < 4.78 is 1.24. The van der Waals surface area contributed by atoms with Crippen LogP contribution in [-0.4, -0.2) is 9.97 Å². The van der Waals surface area contributed by atoms with Crippen LogP contribution in [0.15, 0.2) is 11.4 Å². The minimum atomic E-state index is 0.0137. The molecular weight excluding hydrogens is 216 g/mol. The molecule has 0 saturated carbocycles. The van der Waals surface area contributed by atoms with Crippen LogP contribution < -0.4 is 0 Å². The summed E-state index contributed by atoms with van der Waals surface area (Å²) in [5, 5.41) is 2.09. The predicted octanol–water partition coefficient (Wildman–Crippen LogP) is 4.11. The summed E-state index contributed by atoms with van der Waals surface area (Å²) >= 11 is 1.74. The van der Waals surface area contributed by atoms with Crippen LogP contribution in [0.25, 0.3) is 10.2 Å². The molecule has 2 rings (SSSR count). The fourth-order valence-corrected chi connectivity index (χ4v) is 2.58. The molecule has 0 aromatic carbocycles. The SMILES string of the molecule is CC(C)c1nc(C(C)(C)C)nc2ccsc12. The Morgan fingerprint density at radius 3 is 2.44 bits per heavy atom. The first kappa shape index (κ1) is 11.5. The Morgan fingerprint density at radius 2 is 1.88 bits per heavy atom.